The zero-order valence-electron chi connectivity index (χ0n) is 15.3. The highest BCUT2D eigenvalue weighted by Crippen LogP contribution is 2.26. The highest BCUT2D eigenvalue weighted by Gasteiger charge is 2.26. The van der Waals surface area contributed by atoms with Crippen LogP contribution in [0.15, 0.2) is 23.1 Å². The molecule has 1 aliphatic carbocycles. The molecule has 1 aromatic rings. The smallest absolute Gasteiger partial charge is 0.335 e. The zero-order valence-corrected chi connectivity index (χ0v) is 16.1. The molecular formula is C18H28N2O5S. The topological polar surface area (TPSA) is 105 Å². The van der Waals surface area contributed by atoms with Crippen LogP contribution >= 0.6 is 0 Å². The number of hydrogen-bond donors (Lipinski definition) is 3. The molecule has 1 aliphatic rings. The number of carbonyl (C=O) groups is 1. The van der Waals surface area contributed by atoms with Gasteiger partial charge in [0.2, 0.25) is 10.0 Å². The van der Waals surface area contributed by atoms with Crippen molar-refractivity contribution in [2.75, 3.05) is 18.5 Å². The Bertz CT molecular complexity index is 712. The number of anilines is 1. The Balaban J connectivity index is 2.14. The van der Waals surface area contributed by atoms with Crippen molar-refractivity contribution >= 4 is 21.7 Å². The molecule has 1 saturated carbocycles. The average molecular weight is 384 g/mol. The molecule has 0 unspecified atom stereocenters. The summed E-state index contributed by atoms with van der Waals surface area (Å²) in [6, 6.07) is 4.05. The first kappa shape index (κ1) is 20.7. The van der Waals surface area contributed by atoms with E-state index in [1.165, 1.54) is 18.2 Å². The summed E-state index contributed by atoms with van der Waals surface area (Å²) < 4.78 is 33.8. The maximum Gasteiger partial charge on any atom is 0.335 e. The van der Waals surface area contributed by atoms with E-state index in [1.807, 2.05) is 13.8 Å². The van der Waals surface area contributed by atoms with Crippen molar-refractivity contribution in [3.63, 3.8) is 0 Å². The highest BCUT2D eigenvalue weighted by atomic mass is 32.2. The standard InChI is InChI=1S/C18H28N2O5S/c1-13(2)25-11-5-10-19-16-9-8-14(18(21)22)12-17(16)26(23,24)20-15-6-3-4-7-15/h8-9,12-13,15,19-20H,3-7,10-11H2,1-2H3,(H,21,22). The number of ether oxygens (including phenoxy) is 1. The van der Waals surface area contributed by atoms with Gasteiger partial charge in [-0.3, -0.25) is 0 Å². The van der Waals surface area contributed by atoms with Gasteiger partial charge >= 0.3 is 5.97 Å². The minimum atomic E-state index is -3.79. The third-order valence-corrected chi connectivity index (χ3v) is 5.84. The van der Waals surface area contributed by atoms with Gasteiger partial charge in [-0.2, -0.15) is 0 Å². The Hall–Kier alpha value is -1.64. The molecule has 0 saturated heterocycles. The fraction of sp³-hybridized carbons (Fsp3) is 0.611. The molecule has 0 aliphatic heterocycles. The highest BCUT2D eigenvalue weighted by molar-refractivity contribution is 7.89. The van der Waals surface area contributed by atoms with Crippen molar-refractivity contribution < 1.29 is 23.1 Å². The van der Waals surface area contributed by atoms with E-state index < -0.39 is 16.0 Å². The van der Waals surface area contributed by atoms with Crippen LogP contribution in [-0.4, -0.2) is 44.8 Å². The Morgan fingerprint density at radius 2 is 2.00 bits per heavy atom. The average Bonchev–Trinajstić information content (AvgIpc) is 3.06. The molecule has 26 heavy (non-hydrogen) atoms. The number of nitrogens with one attached hydrogen (secondary N) is 2. The number of carboxylic acid groups (broad SMARTS) is 1. The number of benzene rings is 1. The van der Waals surface area contributed by atoms with Crippen molar-refractivity contribution in [1.82, 2.24) is 4.72 Å². The molecule has 2 rings (SSSR count). The van der Waals surface area contributed by atoms with E-state index in [4.69, 9.17) is 4.74 Å². The first-order valence-corrected chi connectivity index (χ1v) is 10.5. The molecule has 0 spiro atoms. The van der Waals surface area contributed by atoms with Crippen LogP contribution in [0.1, 0.15) is 56.3 Å². The Morgan fingerprint density at radius 1 is 1.31 bits per heavy atom. The quantitative estimate of drug-likeness (QED) is 0.536. The van der Waals surface area contributed by atoms with E-state index >= 15 is 0 Å². The van der Waals surface area contributed by atoms with Gasteiger partial charge in [-0.1, -0.05) is 12.8 Å². The summed E-state index contributed by atoms with van der Waals surface area (Å²) in [5, 5.41) is 12.3. The van der Waals surface area contributed by atoms with Gasteiger partial charge < -0.3 is 15.2 Å². The van der Waals surface area contributed by atoms with Gasteiger partial charge in [-0.25, -0.2) is 17.9 Å². The number of hydrogen-bond acceptors (Lipinski definition) is 5. The van der Waals surface area contributed by atoms with Crippen LogP contribution in [0.5, 0.6) is 0 Å². The van der Waals surface area contributed by atoms with Crippen molar-refractivity contribution in [1.29, 1.82) is 0 Å². The monoisotopic (exact) mass is 384 g/mol. The third-order valence-electron chi connectivity index (χ3n) is 4.28. The number of carboxylic acids is 1. The van der Waals surface area contributed by atoms with Crippen LogP contribution in [-0.2, 0) is 14.8 Å². The van der Waals surface area contributed by atoms with Gasteiger partial charge in [0.05, 0.1) is 17.4 Å². The van der Waals surface area contributed by atoms with E-state index in [0.717, 1.165) is 25.7 Å². The first-order valence-electron chi connectivity index (χ1n) is 9.05. The zero-order chi connectivity index (χ0) is 19.2. The fourth-order valence-corrected chi connectivity index (χ4v) is 4.48. The van der Waals surface area contributed by atoms with E-state index in [9.17, 15) is 18.3 Å². The van der Waals surface area contributed by atoms with Crippen molar-refractivity contribution in [3.8, 4) is 0 Å². The van der Waals surface area contributed by atoms with Gasteiger partial charge in [-0.15, -0.1) is 0 Å². The second kappa shape index (κ2) is 9.34. The maximum atomic E-state index is 12.8. The van der Waals surface area contributed by atoms with Crippen LogP contribution in [0.25, 0.3) is 0 Å². The predicted molar refractivity (Wildman–Crippen MR) is 100 cm³/mol. The number of sulfonamides is 1. The molecule has 0 heterocycles. The second-order valence-corrected chi connectivity index (χ2v) is 8.50. The Kier molecular flexibility index (Phi) is 7.43. The molecule has 0 bridgehead atoms. The molecule has 0 amide bonds. The molecule has 8 heteroatoms. The van der Waals surface area contributed by atoms with Gasteiger partial charge in [0.15, 0.2) is 0 Å². The molecular weight excluding hydrogens is 356 g/mol. The lowest BCUT2D eigenvalue weighted by atomic mass is 10.2. The second-order valence-electron chi connectivity index (χ2n) is 6.82. The molecule has 7 nitrogen and oxygen atoms in total. The number of aromatic carboxylic acids is 1. The predicted octanol–water partition coefficient (Wildman–Crippen LogP) is 2.83. The Morgan fingerprint density at radius 3 is 2.62 bits per heavy atom. The van der Waals surface area contributed by atoms with Crippen molar-refractivity contribution in [3.05, 3.63) is 23.8 Å². The summed E-state index contributed by atoms with van der Waals surface area (Å²) in [4.78, 5) is 11.2. The van der Waals surface area contributed by atoms with E-state index in [0.29, 0.717) is 25.3 Å². The van der Waals surface area contributed by atoms with Gasteiger partial charge in [0.1, 0.15) is 4.90 Å². The SMILES string of the molecule is CC(C)OCCCNc1ccc(C(=O)O)cc1S(=O)(=O)NC1CCCC1. The first-order chi connectivity index (χ1) is 12.3. The molecule has 0 radical (unpaired) electrons. The van der Waals surface area contributed by atoms with Gasteiger partial charge in [0, 0.05) is 19.2 Å². The maximum absolute atomic E-state index is 12.8. The van der Waals surface area contributed by atoms with E-state index in [1.54, 1.807) is 0 Å². The van der Waals surface area contributed by atoms with Crippen LogP contribution in [0.2, 0.25) is 0 Å². The number of rotatable bonds is 10. The minimum Gasteiger partial charge on any atom is -0.478 e. The van der Waals surface area contributed by atoms with Gasteiger partial charge in [0.25, 0.3) is 0 Å². The summed E-state index contributed by atoms with van der Waals surface area (Å²) in [5.41, 5.74) is 0.357. The summed E-state index contributed by atoms with van der Waals surface area (Å²) in [5.74, 6) is -1.15. The molecule has 0 atom stereocenters. The summed E-state index contributed by atoms with van der Waals surface area (Å²) in [7, 11) is -3.79. The lowest BCUT2D eigenvalue weighted by molar-refractivity contribution is 0.0696. The van der Waals surface area contributed by atoms with Crippen LogP contribution in [0.3, 0.4) is 0 Å². The summed E-state index contributed by atoms with van der Waals surface area (Å²) in [6.07, 6.45) is 4.50. The third kappa shape index (κ3) is 5.96. The van der Waals surface area contributed by atoms with Gasteiger partial charge in [-0.05, 0) is 51.3 Å². The summed E-state index contributed by atoms with van der Waals surface area (Å²) in [6.45, 7) is 5.01. The van der Waals surface area contributed by atoms with Crippen LogP contribution < -0.4 is 10.0 Å². The molecule has 3 N–H and O–H groups in total. The van der Waals surface area contributed by atoms with Crippen LogP contribution in [0.4, 0.5) is 5.69 Å². The molecule has 0 aromatic heterocycles. The van der Waals surface area contributed by atoms with Crippen LogP contribution in [0, 0.1) is 0 Å². The van der Waals surface area contributed by atoms with Crippen molar-refractivity contribution in [2.45, 2.75) is 63.0 Å². The van der Waals surface area contributed by atoms with E-state index in [2.05, 4.69) is 10.0 Å². The minimum absolute atomic E-state index is 0.0194. The Labute approximate surface area is 155 Å². The van der Waals surface area contributed by atoms with Crippen molar-refractivity contribution in [2.24, 2.45) is 0 Å². The fourth-order valence-electron chi connectivity index (χ4n) is 2.96. The molecule has 1 aromatic carbocycles. The van der Waals surface area contributed by atoms with E-state index in [-0.39, 0.29) is 22.6 Å². The normalized spacial score (nSPS) is 15.5. The largest absolute Gasteiger partial charge is 0.478 e. The summed E-state index contributed by atoms with van der Waals surface area (Å²) >= 11 is 0. The molecule has 146 valence electrons. The lowest BCUT2D eigenvalue weighted by Gasteiger charge is -2.17. The molecule has 1 fully saturated rings. The lowest BCUT2D eigenvalue weighted by Crippen LogP contribution is -2.33.